The first-order valence-electron chi connectivity index (χ1n) is 15.4. The summed E-state index contributed by atoms with van der Waals surface area (Å²) in [6.45, 7) is 8.11. The van der Waals surface area contributed by atoms with Crippen LogP contribution in [0, 0.1) is 12.8 Å². The van der Waals surface area contributed by atoms with E-state index in [1.165, 1.54) is 39.2 Å². The number of nitrogens with one attached hydrogen (secondary N) is 1. The smallest absolute Gasteiger partial charge is 0.328 e. The molecule has 7 nitrogen and oxygen atoms in total. The Bertz CT molecular complexity index is 1170. The minimum absolute atomic E-state index is 0.0660. The molecule has 1 aliphatic heterocycles. The number of hydrogen-bond donors (Lipinski definition) is 1. The molecule has 0 aromatic heterocycles. The maximum absolute atomic E-state index is 13.5. The molecule has 1 N–H and O–H groups in total. The first-order chi connectivity index (χ1) is 20.4. The van der Waals surface area contributed by atoms with Gasteiger partial charge in [0.1, 0.15) is 6.04 Å². The van der Waals surface area contributed by atoms with Crippen molar-refractivity contribution in [1.29, 1.82) is 0 Å². The number of aryl methyl sites for hydroxylation is 1. The topological polar surface area (TPSA) is 77.1 Å². The standard InChI is InChI=1S/C34H48N2O5S/c1-24-10-8-9-13-28(24)30-20-26(14-15-29(30)33(37)35-31(16-19-42-4)34(38)39-3)22-41-25(2)21-36-17-18-40-23-32(36)27-11-6-5-7-12-27/h8-10,13-15,20,25,27,31-32H,5-7,11-12,16-19,21-23H2,1-4H3,(H,35,37)/t25?,31-,32?/m0/s1. The van der Waals surface area contributed by atoms with E-state index in [0.717, 1.165) is 60.2 Å². The number of ether oxygens (including phenoxy) is 3. The lowest BCUT2D eigenvalue weighted by atomic mass is 9.83. The molecule has 0 bridgehead atoms. The normalized spacial score (nSPS) is 19.7. The van der Waals surface area contributed by atoms with Crippen LogP contribution in [0.1, 0.15) is 66.9 Å². The molecule has 2 aromatic carbocycles. The fourth-order valence-corrected chi connectivity index (χ4v) is 6.77. The van der Waals surface area contributed by atoms with Gasteiger partial charge in [0.25, 0.3) is 5.91 Å². The van der Waals surface area contributed by atoms with Crippen LogP contribution in [0.15, 0.2) is 42.5 Å². The lowest BCUT2D eigenvalue weighted by molar-refractivity contribution is -0.142. The molecule has 1 amide bonds. The number of rotatable bonds is 13. The van der Waals surface area contributed by atoms with Crippen LogP contribution in [0.3, 0.4) is 0 Å². The zero-order chi connectivity index (χ0) is 29.9. The molecule has 4 rings (SSSR count). The van der Waals surface area contributed by atoms with E-state index in [9.17, 15) is 9.59 Å². The monoisotopic (exact) mass is 596 g/mol. The third-order valence-electron chi connectivity index (χ3n) is 8.67. The maximum Gasteiger partial charge on any atom is 0.328 e. The molecule has 1 saturated carbocycles. The predicted octanol–water partition coefficient (Wildman–Crippen LogP) is 5.87. The molecule has 8 heteroatoms. The summed E-state index contributed by atoms with van der Waals surface area (Å²) in [7, 11) is 1.35. The first kappa shape index (κ1) is 32.5. The Morgan fingerprint density at radius 1 is 1.12 bits per heavy atom. The van der Waals surface area contributed by atoms with Crippen molar-refractivity contribution in [1.82, 2.24) is 10.2 Å². The highest BCUT2D eigenvalue weighted by atomic mass is 32.2. The van der Waals surface area contributed by atoms with E-state index >= 15 is 0 Å². The van der Waals surface area contributed by atoms with Gasteiger partial charge in [-0.1, -0.05) is 49.6 Å². The third kappa shape index (κ3) is 8.82. The summed E-state index contributed by atoms with van der Waals surface area (Å²) in [6.07, 6.45) is 9.19. The number of carbonyl (C=O) groups is 2. The van der Waals surface area contributed by atoms with Gasteiger partial charge in [0.2, 0.25) is 0 Å². The second-order valence-corrected chi connectivity index (χ2v) is 12.7. The average Bonchev–Trinajstić information content (AvgIpc) is 3.02. The number of hydrogen-bond acceptors (Lipinski definition) is 7. The molecule has 2 aromatic rings. The van der Waals surface area contributed by atoms with Gasteiger partial charge in [-0.15, -0.1) is 0 Å². The molecule has 2 aliphatic rings. The molecule has 0 spiro atoms. The van der Waals surface area contributed by atoms with Crippen molar-refractivity contribution in [2.75, 3.05) is 45.4 Å². The van der Waals surface area contributed by atoms with Crippen molar-refractivity contribution in [2.24, 2.45) is 5.92 Å². The highest BCUT2D eigenvalue weighted by Crippen LogP contribution is 2.31. The number of thioether (sulfide) groups is 1. The van der Waals surface area contributed by atoms with Gasteiger partial charge in [-0.05, 0) is 85.4 Å². The molecule has 1 aliphatic carbocycles. The van der Waals surface area contributed by atoms with Gasteiger partial charge in [-0.2, -0.15) is 11.8 Å². The average molecular weight is 597 g/mol. The first-order valence-corrected chi connectivity index (χ1v) is 16.8. The molecular formula is C34H48N2O5S. The van der Waals surface area contributed by atoms with Gasteiger partial charge in [0, 0.05) is 24.7 Å². The van der Waals surface area contributed by atoms with Crippen LogP contribution in [0.4, 0.5) is 0 Å². The molecule has 3 atom stereocenters. The van der Waals surface area contributed by atoms with Gasteiger partial charge in [-0.3, -0.25) is 9.69 Å². The van der Waals surface area contributed by atoms with E-state index in [4.69, 9.17) is 14.2 Å². The van der Waals surface area contributed by atoms with Crippen molar-refractivity contribution in [3.05, 3.63) is 59.2 Å². The molecule has 2 fully saturated rings. The van der Waals surface area contributed by atoms with Crippen molar-refractivity contribution in [3.63, 3.8) is 0 Å². The van der Waals surface area contributed by atoms with Crippen LogP contribution in [0.5, 0.6) is 0 Å². The molecule has 2 unspecified atom stereocenters. The Labute approximate surface area is 256 Å². The van der Waals surface area contributed by atoms with Gasteiger partial charge >= 0.3 is 5.97 Å². The van der Waals surface area contributed by atoms with E-state index in [1.54, 1.807) is 11.8 Å². The summed E-state index contributed by atoms with van der Waals surface area (Å²) >= 11 is 1.63. The Morgan fingerprint density at radius 3 is 2.64 bits per heavy atom. The number of benzene rings is 2. The highest BCUT2D eigenvalue weighted by molar-refractivity contribution is 7.98. The second kappa shape index (κ2) is 16.5. The van der Waals surface area contributed by atoms with E-state index in [1.807, 2.05) is 49.6 Å². The van der Waals surface area contributed by atoms with Crippen LogP contribution in [-0.4, -0.2) is 80.4 Å². The minimum Gasteiger partial charge on any atom is -0.467 e. The Kier molecular flexibility index (Phi) is 12.7. The quantitative estimate of drug-likeness (QED) is 0.290. The molecule has 1 saturated heterocycles. The summed E-state index contributed by atoms with van der Waals surface area (Å²) in [5, 5.41) is 2.92. The fraction of sp³-hybridized carbons (Fsp3) is 0.588. The van der Waals surface area contributed by atoms with E-state index in [2.05, 4.69) is 23.2 Å². The third-order valence-corrected chi connectivity index (χ3v) is 9.31. The second-order valence-electron chi connectivity index (χ2n) is 11.7. The summed E-state index contributed by atoms with van der Waals surface area (Å²) in [5.74, 6) is 0.748. The molecule has 230 valence electrons. The molecule has 42 heavy (non-hydrogen) atoms. The van der Waals surface area contributed by atoms with Crippen molar-refractivity contribution >= 4 is 23.6 Å². The van der Waals surface area contributed by atoms with Crippen molar-refractivity contribution in [3.8, 4) is 11.1 Å². The lowest BCUT2D eigenvalue weighted by Gasteiger charge is -2.42. The maximum atomic E-state index is 13.5. The van der Waals surface area contributed by atoms with Crippen LogP contribution >= 0.6 is 11.8 Å². The zero-order valence-electron chi connectivity index (χ0n) is 25.7. The number of carbonyl (C=O) groups excluding carboxylic acids is 2. The van der Waals surface area contributed by atoms with Crippen LogP contribution in [-0.2, 0) is 25.6 Å². The van der Waals surface area contributed by atoms with Gasteiger partial charge in [0.15, 0.2) is 0 Å². The number of amides is 1. The Morgan fingerprint density at radius 2 is 1.90 bits per heavy atom. The van der Waals surface area contributed by atoms with Gasteiger partial charge in [0.05, 0.1) is 33.0 Å². The summed E-state index contributed by atoms with van der Waals surface area (Å²) in [6, 6.07) is 13.7. The van der Waals surface area contributed by atoms with E-state index in [0.29, 0.717) is 24.6 Å². The van der Waals surface area contributed by atoms with E-state index < -0.39 is 12.0 Å². The lowest BCUT2D eigenvalue weighted by Crippen LogP contribution is -2.52. The number of esters is 1. The Hall–Kier alpha value is -2.39. The Balaban J connectivity index is 1.47. The van der Waals surface area contributed by atoms with Crippen LogP contribution in [0.25, 0.3) is 11.1 Å². The summed E-state index contributed by atoms with van der Waals surface area (Å²) in [4.78, 5) is 28.5. The highest BCUT2D eigenvalue weighted by Gasteiger charge is 2.32. The summed E-state index contributed by atoms with van der Waals surface area (Å²) < 4.78 is 17.2. The number of morpholine rings is 1. The van der Waals surface area contributed by atoms with Gasteiger partial charge in [-0.25, -0.2) is 4.79 Å². The van der Waals surface area contributed by atoms with E-state index in [-0.39, 0.29) is 12.0 Å². The summed E-state index contributed by atoms with van der Waals surface area (Å²) in [5.41, 5.74) is 4.43. The number of nitrogens with zero attached hydrogens (tertiary/aromatic N) is 1. The molecular weight excluding hydrogens is 548 g/mol. The van der Waals surface area contributed by atoms with Crippen LogP contribution < -0.4 is 5.32 Å². The van der Waals surface area contributed by atoms with Crippen molar-refractivity contribution in [2.45, 2.75) is 77.2 Å². The van der Waals surface area contributed by atoms with Gasteiger partial charge < -0.3 is 19.5 Å². The van der Waals surface area contributed by atoms with Crippen molar-refractivity contribution < 1.29 is 23.8 Å². The number of methoxy groups -OCH3 is 1. The fourth-order valence-electron chi connectivity index (χ4n) is 6.30. The molecule has 0 radical (unpaired) electrons. The minimum atomic E-state index is -0.693. The predicted molar refractivity (Wildman–Crippen MR) is 170 cm³/mol. The SMILES string of the molecule is COC(=O)[C@H](CCSC)NC(=O)c1ccc(COC(C)CN2CCOCC2C2CCCCC2)cc1-c1ccccc1C. The molecule has 1 heterocycles. The zero-order valence-corrected chi connectivity index (χ0v) is 26.5. The largest absolute Gasteiger partial charge is 0.467 e. The van der Waals surface area contributed by atoms with Crippen LogP contribution in [0.2, 0.25) is 0 Å².